The molecule has 5 heteroatoms. The van der Waals surface area contributed by atoms with Crippen LogP contribution in [0.15, 0.2) is 6.07 Å². The number of nitrogens with zero attached hydrogens (tertiary/aromatic N) is 2. The van der Waals surface area contributed by atoms with Gasteiger partial charge in [-0.2, -0.15) is 5.10 Å². The highest BCUT2D eigenvalue weighted by molar-refractivity contribution is 5.92. The van der Waals surface area contributed by atoms with Gasteiger partial charge in [-0.25, -0.2) is 0 Å². The smallest absolute Gasteiger partial charge is 0.271 e. The molecule has 0 spiro atoms. The lowest BCUT2D eigenvalue weighted by Crippen LogP contribution is -2.32. The summed E-state index contributed by atoms with van der Waals surface area (Å²) in [4.78, 5) is 13.8. The number of rotatable bonds is 1. The minimum Gasteiger partial charge on any atom is -0.382 e. The van der Waals surface area contributed by atoms with E-state index in [1.54, 1.807) is 6.07 Å². The number of hydrogen-bond acceptors (Lipinski definition) is 3. The van der Waals surface area contributed by atoms with Crippen molar-refractivity contribution in [3.63, 3.8) is 0 Å². The van der Waals surface area contributed by atoms with Gasteiger partial charge in [-0.1, -0.05) is 12.8 Å². The maximum atomic E-state index is 12.0. The highest BCUT2D eigenvalue weighted by Gasteiger charge is 2.18. The topological polar surface area (TPSA) is 75.0 Å². The predicted octanol–water partition coefficient (Wildman–Crippen LogP) is 1.01. The van der Waals surface area contributed by atoms with E-state index >= 15 is 0 Å². The Kier molecular flexibility index (Phi) is 2.89. The molecule has 15 heavy (non-hydrogen) atoms. The van der Waals surface area contributed by atoms with Gasteiger partial charge in [0.15, 0.2) is 0 Å². The number of likely N-dealkylation sites (tertiary alicyclic amines) is 1. The minimum absolute atomic E-state index is 0.0149. The third kappa shape index (κ3) is 2.29. The molecule has 1 aliphatic rings. The van der Waals surface area contributed by atoms with Gasteiger partial charge in [-0.15, -0.1) is 0 Å². The Morgan fingerprint density at radius 2 is 2.00 bits per heavy atom. The Hall–Kier alpha value is -1.52. The van der Waals surface area contributed by atoms with Crippen LogP contribution in [0.5, 0.6) is 0 Å². The van der Waals surface area contributed by atoms with Crippen molar-refractivity contribution >= 4 is 11.7 Å². The molecule has 0 aromatic carbocycles. The van der Waals surface area contributed by atoms with Crippen LogP contribution in [0.3, 0.4) is 0 Å². The lowest BCUT2D eigenvalue weighted by atomic mass is 10.2. The quantitative estimate of drug-likeness (QED) is 0.723. The Bertz CT molecular complexity index is 339. The number of carbonyl (C=O) groups is 1. The molecule has 1 amide bonds. The number of nitrogens with two attached hydrogens (primary N) is 1. The van der Waals surface area contributed by atoms with Gasteiger partial charge in [-0.05, 0) is 12.8 Å². The van der Waals surface area contributed by atoms with Crippen LogP contribution in [-0.2, 0) is 0 Å². The SMILES string of the molecule is Nc1cc(C(=O)N2CCCCCC2)[nH]n1. The molecule has 0 radical (unpaired) electrons. The molecule has 3 N–H and O–H groups in total. The predicted molar refractivity (Wildman–Crippen MR) is 57.4 cm³/mol. The molecule has 1 aromatic rings. The van der Waals surface area contributed by atoms with Crippen LogP contribution in [0.25, 0.3) is 0 Å². The van der Waals surface area contributed by atoms with Crippen LogP contribution < -0.4 is 5.73 Å². The Morgan fingerprint density at radius 3 is 2.53 bits per heavy atom. The van der Waals surface area contributed by atoms with Gasteiger partial charge < -0.3 is 10.6 Å². The number of aromatic amines is 1. The van der Waals surface area contributed by atoms with Crippen molar-refractivity contribution in [2.45, 2.75) is 25.7 Å². The molecule has 2 heterocycles. The molecular weight excluding hydrogens is 192 g/mol. The number of amides is 1. The van der Waals surface area contributed by atoms with Crippen LogP contribution in [0.1, 0.15) is 36.2 Å². The van der Waals surface area contributed by atoms with Gasteiger partial charge in [0.25, 0.3) is 5.91 Å². The molecule has 0 aliphatic carbocycles. The number of aromatic nitrogens is 2. The summed E-state index contributed by atoms with van der Waals surface area (Å²) in [5.74, 6) is 0.384. The lowest BCUT2D eigenvalue weighted by Gasteiger charge is -2.18. The van der Waals surface area contributed by atoms with Crippen molar-refractivity contribution < 1.29 is 4.79 Å². The molecule has 1 saturated heterocycles. The van der Waals surface area contributed by atoms with E-state index in [4.69, 9.17) is 5.73 Å². The molecular formula is C10H16N4O. The van der Waals surface area contributed by atoms with Gasteiger partial charge in [-0.3, -0.25) is 9.89 Å². The third-order valence-electron chi connectivity index (χ3n) is 2.72. The average Bonchev–Trinajstić information content (AvgIpc) is 2.53. The fourth-order valence-electron chi connectivity index (χ4n) is 1.89. The second-order valence-electron chi connectivity index (χ2n) is 3.91. The first-order valence-electron chi connectivity index (χ1n) is 5.37. The van der Waals surface area contributed by atoms with E-state index < -0.39 is 0 Å². The van der Waals surface area contributed by atoms with Crippen LogP contribution >= 0.6 is 0 Å². The summed E-state index contributed by atoms with van der Waals surface area (Å²) in [5, 5.41) is 6.42. The number of H-pyrrole nitrogens is 1. The number of nitrogens with one attached hydrogen (secondary N) is 1. The zero-order valence-electron chi connectivity index (χ0n) is 8.70. The summed E-state index contributed by atoms with van der Waals surface area (Å²) in [6.45, 7) is 1.69. The normalized spacial score (nSPS) is 17.5. The number of anilines is 1. The Balaban J connectivity index is 2.06. The van der Waals surface area contributed by atoms with E-state index in [0.717, 1.165) is 25.9 Å². The van der Waals surface area contributed by atoms with Gasteiger partial charge in [0, 0.05) is 19.2 Å². The van der Waals surface area contributed by atoms with Gasteiger partial charge in [0.05, 0.1) is 0 Å². The van der Waals surface area contributed by atoms with Crippen LogP contribution in [0, 0.1) is 0 Å². The molecule has 82 valence electrons. The second kappa shape index (κ2) is 4.33. The molecule has 5 nitrogen and oxygen atoms in total. The van der Waals surface area contributed by atoms with Gasteiger partial charge in [0.2, 0.25) is 0 Å². The first-order chi connectivity index (χ1) is 7.27. The van der Waals surface area contributed by atoms with Crippen LogP contribution in [-0.4, -0.2) is 34.1 Å². The third-order valence-corrected chi connectivity index (χ3v) is 2.72. The zero-order chi connectivity index (χ0) is 10.7. The summed E-state index contributed by atoms with van der Waals surface area (Å²) in [6, 6.07) is 1.59. The minimum atomic E-state index is 0.0149. The molecule has 0 unspecified atom stereocenters. The molecule has 0 saturated carbocycles. The summed E-state index contributed by atoms with van der Waals surface area (Å²) >= 11 is 0. The summed E-state index contributed by atoms with van der Waals surface area (Å²) < 4.78 is 0. The zero-order valence-corrected chi connectivity index (χ0v) is 8.70. The monoisotopic (exact) mass is 208 g/mol. The standard InChI is InChI=1S/C10H16N4O/c11-9-7-8(12-13-9)10(15)14-5-3-1-2-4-6-14/h7H,1-6H2,(H3,11,12,13). The molecule has 0 bridgehead atoms. The number of carbonyl (C=O) groups excluding carboxylic acids is 1. The first-order valence-corrected chi connectivity index (χ1v) is 5.37. The summed E-state index contributed by atoms with van der Waals surface area (Å²) in [7, 11) is 0. The summed E-state index contributed by atoms with van der Waals surface area (Å²) in [5.41, 5.74) is 5.96. The van der Waals surface area contributed by atoms with E-state index in [-0.39, 0.29) is 5.91 Å². The van der Waals surface area contributed by atoms with Crippen molar-refractivity contribution in [2.75, 3.05) is 18.8 Å². The van der Waals surface area contributed by atoms with Crippen molar-refractivity contribution in [1.82, 2.24) is 15.1 Å². The molecule has 0 atom stereocenters. The van der Waals surface area contributed by atoms with Crippen LogP contribution in [0.2, 0.25) is 0 Å². The van der Waals surface area contributed by atoms with Crippen molar-refractivity contribution in [3.05, 3.63) is 11.8 Å². The van der Waals surface area contributed by atoms with Crippen molar-refractivity contribution in [3.8, 4) is 0 Å². The van der Waals surface area contributed by atoms with Crippen molar-refractivity contribution in [2.24, 2.45) is 0 Å². The second-order valence-corrected chi connectivity index (χ2v) is 3.91. The molecule has 1 fully saturated rings. The van der Waals surface area contributed by atoms with Gasteiger partial charge in [0.1, 0.15) is 11.5 Å². The number of hydrogen-bond donors (Lipinski definition) is 2. The van der Waals surface area contributed by atoms with E-state index in [2.05, 4.69) is 10.2 Å². The average molecular weight is 208 g/mol. The summed E-state index contributed by atoms with van der Waals surface area (Å²) in [6.07, 6.45) is 4.62. The lowest BCUT2D eigenvalue weighted by molar-refractivity contribution is 0.0755. The van der Waals surface area contributed by atoms with Crippen molar-refractivity contribution in [1.29, 1.82) is 0 Å². The van der Waals surface area contributed by atoms with E-state index in [1.807, 2.05) is 4.90 Å². The largest absolute Gasteiger partial charge is 0.382 e. The maximum absolute atomic E-state index is 12.0. The fourth-order valence-corrected chi connectivity index (χ4v) is 1.89. The Labute approximate surface area is 88.6 Å². The molecule has 2 rings (SSSR count). The fraction of sp³-hybridized carbons (Fsp3) is 0.600. The highest BCUT2D eigenvalue weighted by Crippen LogP contribution is 2.13. The van der Waals surface area contributed by atoms with Crippen LogP contribution in [0.4, 0.5) is 5.82 Å². The van der Waals surface area contributed by atoms with E-state index in [0.29, 0.717) is 11.5 Å². The van der Waals surface area contributed by atoms with E-state index in [1.165, 1.54) is 12.8 Å². The van der Waals surface area contributed by atoms with E-state index in [9.17, 15) is 4.79 Å². The molecule has 1 aliphatic heterocycles. The first kappa shape index (κ1) is 10.0. The maximum Gasteiger partial charge on any atom is 0.271 e. The van der Waals surface area contributed by atoms with Gasteiger partial charge >= 0.3 is 0 Å². The Morgan fingerprint density at radius 1 is 1.33 bits per heavy atom. The highest BCUT2D eigenvalue weighted by atomic mass is 16.2. The molecule has 1 aromatic heterocycles. The number of nitrogen functional groups attached to an aromatic ring is 1.